The summed E-state index contributed by atoms with van der Waals surface area (Å²) in [5.41, 5.74) is 3.53. The molecular weight excluding hydrogens is 190 g/mol. The molecule has 0 saturated carbocycles. The van der Waals surface area contributed by atoms with Crippen molar-refractivity contribution in [2.45, 2.75) is 0 Å². The SMILES string of the molecule is CN(C)NC(=O)n1c[c]c2ccccc21. The van der Waals surface area contributed by atoms with Crippen LogP contribution in [-0.2, 0) is 0 Å². The third-order valence-corrected chi connectivity index (χ3v) is 2.05. The molecule has 1 aromatic carbocycles. The molecule has 4 nitrogen and oxygen atoms in total. The molecule has 4 heteroatoms. The first-order valence-corrected chi connectivity index (χ1v) is 4.64. The van der Waals surface area contributed by atoms with Crippen LogP contribution >= 0.6 is 0 Å². The second-order valence-corrected chi connectivity index (χ2v) is 3.47. The zero-order valence-electron chi connectivity index (χ0n) is 8.69. The van der Waals surface area contributed by atoms with Crippen molar-refractivity contribution >= 4 is 16.9 Å². The third-order valence-electron chi connectivity index (χ3n) is 2.05. The Bertz CT molecular complexity index is 487. The van der Waals surface area contributed by atoms with E-state index in [-0.39, 0.29) is 6.03 Å². The van der Waals surface area contributed by atoms with E-state index in [1.54, 1.807) is 25.3 Å². The number of nitrogens with zero attached hydrogens (tertiary/aromatic N) is 2. The first kappa shape index (κ1) is 9.73. The van der Waals surface area contributed by atoms with E-state index < -0.39 is 0 Å². The number of benzene rings is 1. The van der Waals surface area contributed by atoms with Gasteiger partial charge in [-0.2, -0.15) is 0 Å². The van der Waals surface area contributed by atoms with Gasteiger partial charge in [0.2, 0.25) is 0 Å². The van der Waals surface area contributed by atoms with E-state index in [1.165, 1.54) is 4.57 Å². The number of carbonyl (C=O) groups is 1. The Morgan fingerprint density at radius 3 is 2.87 bits per heavy atom. The lowest BCUT2D eigenvalue weighted by Crippen LogP contribution is -2.38. The molecule has 0 bridgehead atoms. The lowest BCUT2D eigenvalue weighted by Gasteiger charge is -2.12. The molecule has 0 spiro atoms. The number of fused-ring (bicyclic) bond motifs is 1. The molecule has 15 heavy (non-hydrogen) atoms. The maximum Gasteiger partial charge on any atom is 0.340 e. The van der Waals surface area contributed by atoms with Gasteiger partial charge in [-0.05, 0) is 6.07 Å². The molecule has 1 N–H and O–H groups in total. The van der Waals surface area contributed by atoms with Crippen LogP contribution in [-0.4, -0.2) is 29.7 Å². The lowest BCUT2D eigenvalue weighted by atomic mass is 10.2. The minimum absolute atomic E-state index is 0.183. The van der Waals surface area contributed by atoms with Crippen LogP contribution in [0.3, 0.4) is 0 Å². The first-order chi connectivity index (χ1) is 7.18. The Kier molecular flexibility index (Phi) is 2.43. The van der Waals surface area contributed by atoms with Crippen molar-refractivity contribution in [3.05, 3.63) is 36.5 Å². The van der Waals surface area contributed by atoms with Crippen molar-refractivity contribution in [2.24, 2.45) is 0 Å². The molecule has 0 aliphatic rings. The Morgan fingerprint density at radius 2 is 2.13 bits per heavy atom. The minimum Gasteiger partial charge on any atom is -0.270 e. The first-order valence-electron chi connectivity index (χ1n) is 4.64. The van der Waals surface area contributed by atoms with Gasteiger partial charge < -0.3 is 0 Å². The van der Waals surface area contributed by atoms with Crippen molar-refractivity contribution in [3.8, 4) is 0 Å². The van der Waals surface area contributed by atoms with Gasteiger partial charge in [-0.1, -0.05) is 18.2 Å². The van der Waals surface area contributed by atoms with E-state index in [2.05, 4.69) is 11.5 Å². The van der Waals surface area contributed by atoms with Crippen LogP contribution in [0, 0.1) is 6.07 Å². The summed E-state index contributed by atoms with van der Waals surface area (Å²) in [4.78, 5) is 11.7. The lowest BCUT2D eigenvalue weighted by molar-refractivity contribution is 0.215. The largest absolute Gasteiger partial charge is 0.340 e. The minimum atomic E-state index is -0.183. The maximum atomic E-state index is 11.7. The number of rotatable bonds is 1. The standard InChI is InChI=1S/C11H12N3O/c1-13(2)12-11(15)14-8-7-9-5-3-4-6-10(9)14/h3-6,8H,1-2H3,(H,12,15). The summed E-state index contributed by atoms with van der Waals surface area (Å²) in [6, 6.07) is 10.5. The molecule has 0 saturated heterocycles. The number of hydrazine groups is 1. The Morgan fingerprint density at radius 1 is 1.40 bits per heavy atom. The monoisotopic (exact) mass is 202 g/mol. The predicted molar refractivity (Wildman–Crippen MR) is 58.4 cm³/mol. The molecule has 0 aliphatic carbocycles. The zero-order valence-corrected chi connectivity index (χ0v) is 8.69. The van der Waals surface area contributed by atoms with Crippen LogP contribution in [0.5, 0.6) is 0 Å². The van der Waals surface area contributed by atoms with E-state index >= 15 is 0 Å². The van der Waals surface area contributed by atoms with Crippen molar-refractivity contribution in [1.82, 2.24) is 15.0 Å². The van der Waals surface area contributed by atoms with Gasteiger partial charge in [-0.25, -0.2) is 9.80 Å². The molecule has 2 aromatic rings. The summed E-state index contributed by atoms with van der Waals surface area (Å²) in [5, 5.41) is 2.54. The number of amides is 1. The normalized spacial score (nSPS) is 10.9. The maximum absolute atomic E-state index is 11.7. The molecule has 0 aliphatic heterocycles. The average molecular weight is 202 g/mol. The molecular formula is C11H12N3O. The number of para-hydroxylation sites is 1. The molecule has 1 amide bonds. The van der Waals surface area contributed by atoms with Gasteiger partial charge in [0.1, 0.15) is 0 Å². The summed E-state index contributed by atoms with van der Waals surface area (Å²) >= 11 is 0. The smallest absolute Gasteiger partial charge is 0.270 e. The fraction of sp³-hybridized carbons (Fsp3) is 0.182. The molecule has 1 aromatic heterocycles. The molecule has 1 radical (unpaired) electrons. The summed E-state index contributed by atoms with van der Waals surface area (Å²) < 4.78 is 1.54. The van der Waals surface area contributed by atoms with Crippen LogP contribution in [0.1, 0.15) is 0 Å². The van der Waals surface area contributed by atoms with Gasteiger partial charge in [0, 0.05) is 31.7 Å². The van der Waals surface area contributed by atoms with E-state index in [0.717, 1.165) is 10.9 Å². The summed E-state index contributed by atoms with van der Waals surface area (Å²) in [6.45, 7) is 0. The van der Waals surface area contributed by atoms with Crippen LogP contribution in [0.4, 0.5) is 4.79 Å². The second kappa shape index (κ2) is 3.74. The van der Waals surface area contributed by atoms with Gasteiger partial charge in [-0.3, -0.25) is 9.99 Å². The van der Waals surface area contributed by atoms with E-state index in [4.69, 9.17) is 0 Å². The average Bonchev–Trinajstić information content (AvgIpc) is 2.59. The fourth-order valence-electron chi connectivity index (χ4n) is 1.42. The summed E-state index contributed by atoms with van der Waals surface area (Å²) in [5.74, 6) is 0. The number of hydrogen-bond acceptors (Lipinski definition) is 2. The molecule has 0 fully saturated rings. The van der Waals surface area contributed by atoms with Gasteiger partial charge in [0.25, 0.3) is 0 Å². The fourth-order valence-corrected chi connectivity index (χ4v) is 1.42. The van der Waals surface area contributed by atoms with Crippen LogP contribution < -0.4 is 5.43 Å². The predicted octanol–water partition coefficient (Wildman–Crippen LogP) is 1.48. The Balaban J connectivity index is 2.40. The Labute approximate surface area is 88.1 Å². The van der Waals surface area contributed by atoms with Gasteiger partial charge in [-0.15, -0.1) is 0 Å². The zero-order chi connectivity index (χ0) is 10.8. The molecule has 0 unspecified atom stereocenters. The molecule has 2 rings (SSSR count). The number of carbonyl (C=O) groups excluding carboxylic acids is 1. The van der Waals surface area contributed by atoms with Crippen molar-refractivity contribution in [3.63, 3.8) is 0 Å². The number of aromatic nitrogens is 1. The van der Waals surface area contributed by atoms with Gasteiger partial charge in [0.05, 0.1) is 5.52 Å². The van der Waals surface area contributed by atoms with Crippen LogP contribution in [0.2, 0.25) is 0 Å². The van der Waals surface area contributed by atoms with Gasteiger partial charge in [0.15, 0.2) is 0 Å². The van der Waals surface area contributed by atoms with Crippen LogP contribution in [0.25, 0.3) is 10.9 Å². The third kappa shape index (κ3) is 1.85. The van der Waals surface area contributed by atoms with E-state index in [1.807, 2.05) is 24.3 Å². The quantitative estimate of drug-likeness (QED) is 0.711. The Hall–Kier alpha value is -1.81. The second-order valence-electron chi connectivity index (χ2n) is 3.47. The van der Waals surface area contributed by atoms with E-state index in [0.29, 0.717) is 0 Å². The van der Waals surface area contributed by atoms with E-state index in [9.17, 15) is 4.79 Å². The van der Waals surface area contributed by atoms with Crippen LogP contribution in [0.15, 0.2) is 30.5 Å². The molecule has 0 atom stereocenters. The highest BCUT2D eigenvalue weighted by Gasteiger charge is 2.08. The highest BCUT2D eigenvalue weighted by molar-refractivity contribution is 5.90. The summed E-state index contributed by atoms with van der Waals surface area (Å²) in [7, 11) is 3.54. The summed E-state index contributed by atoms with van der Waals surface area (Å²) in [6.07, 6.45) is 1.64. The van der Waals surface area contributed by atoms with Crippen molar-refractivity contribution in [1.29, 1.82) is 0 Å². The number of nitrogens with one attached hydrogen (secondary N) is 1. The molecule has 77 valence electrons. The highest BCUT2D eigenvalue weighted by atomic mass is 16.2. The van der Waals surface area contributed by atoms with Crippen molar-refractivity contribution < 1.29 is 4.79 Å². The van der Waals surface area contributed by atoms with Crippen molar-refractivity contribution in [2.75, 3.05) is 14.1 Å². The van der Waals surface area contributed by atoms with Gasteiger partial charge >= 0.3 is 6.03 Å². The molecule has 1 heterocycles. The highest BCUT2D eigenvalue weighted by Crippen LogP contribution is 2.13. The topological polar surface area (TPSA) is 37.3 Å². The number of hydrogen-bond donors (Lipinski definition) is 1.